The molecule has 0 saturated carbocycles. The van der Waals surface area contributed by atoms with Gasteiger partial charge < -0.3 is 20.5 Å². The maximum atomic E-state index is 13.6. The Balaban J connectivity index is 1.66. The number of primary amides is 1. The van der Waals surface area contributed by atoms with Crippen LogP contribution in [0.3, 0.4) is 0 Å². The molecule has 0 radical (unpaired) electrons. The van der Waals surface area contributed by atoms with Gasteiger partial charge in [-0.25, -0.2) is 19.2 Å². The van der Waals surface area contributed by atoms with E-state index in [2.05, 4.69) is 15.3 Å². The number of fused-ring (bicyclic) bond motifs is 1. The zero-order valence-electron chi connectivity index (χ0n) is 17.3. The average molecular weight is 472 g/mol. The lowest BCUT2D eigenvalue weighted by atomic mass is 9.94. The molecule has 0 bridgehead atoms. The Hall–Kier alpha value is -3.50. The quantitative estimate of drug-likeness (QED) is 0.584. The van der Waals surface area contributed by atoms with Crippen LogP contribution in [0.1, 0.15) is 17.9 Å². The van der Waals surface area contributed by atoms with Gasteiger partial charge >= 0.3 is 6.09 Å². The SMILES string of the molecule is NC(=O)[C@@H]1COC(=O)N1c1cc2c(Nc3ccc(F)c(Cl)c3)ncnc2cc1C1CCOC1. The molecule has 11 heteroatoms. The molecule has 2 aliphatic rings. The highest BCUT2D eigenvalue weighted by Gasteiger charge is 2.40. The van der Waals surface area contributed by atoms with Crippen molar-refractivity contribution in [3.05, 3.63) is 53.1 Å². The Morgan fingerprint density at radius 1 is 1.24 bits per heavy atom. The first-order valence-corrected chi connectivity index (χ1v) is 10.6. The second-order valence-corrected chi connectivity index (χ2v) is 8.24. The predicted molar refractivity (Wildman–Crippen MR) is 119 cm³/mol. The smallest absolute Gasteiger partial charge is 0.415 e. The number of cyclic esters (lactones) is 1. The number of benzene rings is 2. The van der Waals surface area contributed by atoms with Crippen LogP contribution < -0.4 is 16.0 Å². The third kappa shape index (κ3) is 3.91. The fraction of sp³-hybridized carbons (Fsp3) is 0.273. The molecule has 2 atom stereocenters. The highest BCUT2D eigenvalue weighted by Crippen LogP contribution is 2.39. The number of carbonyl (C=O) groups excluding carboxylic acids is 2. The molecule has 3 aromatic rings. The van der Waals surface area contributed by atoms with Crippen LogP contribution in [-0.4, -0.2) is 47.8 Å². The number of nitrogens with zero attached hydrogens (tertiary/aromatic N) is 3. The summed E-state index contributed by atoms with van der Waals surface area (Å²) < 4.78 is 24.2. The highest BCUT2D eigenvalue weighted by atomic mass is 35.5. The molecule has 0 spiro atoms. The first-order valence-electron chi connectivity index (χ1n) is 10.3. The third-order valence-electron chi connectivity index (χ3n) is 5.80. The van der Waals surface area contributed by atoms with E-state index in [1.54, 1.807) is 6.07 Å². The van der Waals surface area contributed by atoms with E-state index in [9.17, 15) is 14.0 Å². The van der Waals surface area contributed by atoms with Crippen molar-refractivity contribution in [2.75, 3.05) is 30.0 Å². The topological polar surface area (TPSA) is 120 Å². The molecule has 2 aromatic carbocycles. The van der Waals surface area contributed by atoms with Gasteiger partial charge in [-0.15, -0.1) is 0 Å². The minimum Gasteiger partial charge on any atom is -0.446 e. The summed E-state index contributed by atoms with van der Waals surface area (Å²) in [5.74, 6) is -0.779. The number of hydrogen-bond acceptors (Lipinski definition) is 7. The maximum Gasteiger partial charge on any atom is 0.415 e. The third-order valence-corrected chi connectivity index (χ3v) is 6.09. The molecule has 170 valence electrons. The summed E-state index contributed by atoms with van der Waals surface area (Å²) >= 11 is 5.90. The average Bonchev–Trinajstić information content (AvgIpc) is 3.46. The summed E-state index contributed by atoms with van der Waals surface area (Å²) in [4.78, 5) is 34.6. The summed E-state index contributed by atoms with van der Waals surface area (Å²) in [6, 6.07) is 6.87. The molecule has 2 aliphatic heterocycles. The Kier molecular flexibility index (Phi) is 5.47. The number of hydrogen-bond donors (Lipinski definition) is 2. The Labute approximate surface area is 192 Å². The van der Waals surface area contributed by atoms with Crippen LogP contribution >= 0.6 is 11.6 Å². The molecule has 5 rings (SSSR count). The lowest BCUT2D eigenvalue weighted by Crippen LogP contribution is -2.44. The second-order valence-electron chi connectivity index (χ2n) is 7.83. The fourth-order valence-corrected chi connectivity index (χ4v) is 4.31. The molecule has 2 saturated heterocycles. The number of nitrogens with one attached hydrogen (secondary N) is 1. The van der Waals surface area contributed by atoms with Crippen molar-refractivity contribution in [2.24, 2.45) is 5.73 Å². The zero-order valence-corrected chi connectivity index (χ0v) is 18.0. The summed E-state index contributed by atoms with van der Waals surface area (Å²) in [6.07, 6.45) is 1.50. The number of aromatic nitrogens is 2. The van der Waals surface area contributed by atoms with E-state index >= 15 is 0 Å². The molecule has 2 amide bonds. The molecule has 0 aliphatic carbocycles. The van der Waals surface area contributed by atoms with Crippen LogP contribution in [-0.2, 0) is 14.3 Å². The Bertz CT molecular complexity index is 1270. The number of rotatable bonds is 5. The van der Waals surface area contributed by atoms with Crippen molar-refractivity contribution >= 4 is 51.7 Å². The van der Waals surface area contributed by atoms with Crippen molar-refractivity contribution in [2.45, 2.75) is 18.4 Å². The summed E-state index contributed by atoms with van der Waals surface area (Å²) in [5, 5.41) is 3.66. The van der Waals surface area contributed by atoms with Gasteiger partial charge in [0.15, 0.2) is 6.04 Å². The van der Waals surface area contributed by atoms with Crippen molar-refractivity contribution in [1.29, 1.82) is 0 Å². The highest BCUT2D eigenvalue weighted by molar-refractivity contribution is 6.31. The van der Waals surface area contributed by atoms with Crippen LogP contribution in [0.15, 0.2) is 36.7 Å². The first-order chi connectivity index (χ1) is 15.9. The van der Waals surface area contributed by atoms with Crippen molar-refractivity contribution in [3.63, 3.8) is 0 Å². The molecular weight excluding hydrogens is 453 g/mol. The minimum atomic E-state index is -0.937. The van der Waals surface area contributed by atoms with Crippen molar-refractivity contribution in [1.82, 2.24) is 9.97 Å². The molecule has 9 nitrogen and oxygen atoms in total. The zero-order chi connectivity index (χ0) is 23.1. The van der Waals surface area contributed by atoms with E-state index in [0.29, 0.717) is 41.3 Å². The Morgan fingerprint density at radius 3 is 2.82 bits per heavy atom. The Morgan fingerprint density at radius 2 is 2.09 bits per heavy atom. The van der Waals surface area contributed by atoms with Gasteiger partial charge in [-0.2, -0.15) is 0 Å². The normalized spacial score (nSPS) is 20.3. The summed E-state index contributed by atoms with van der Waals surface area (Å²) in [5.41, 5.74) is 7.98. The molecule has 1 unspecified atom stereocenters. The summed E-state index contributed by atoms with van der Waals surface area (Å²) in [6.45, 7) is 0.942. The van der Waals surface area contributed by atoms with Gasteiger partial charge in [0.05, 0.1) is 22.8 Å². The standard InChI is InChI=1S/C22H19ClFN5O4/c23-15-5-12(1-2-16(15)24)28-21-14-7-18(29-19(20(25)30)9-33-22(29)31)13(11-3-4-32-8-11)6-17(14)26-10-27-21/h1-2,5-7,10-11,19H,3-4,8-9H2,(H2,25,30)(H,26,27,28)/t11?,19-/m0/s1. The maximum absolute atomic E-state index is 13.6. The fourth-order valence-electron chi connectivity index (χ4n) is 4.13. The van der Waals surface area contributed by atoms with E-state index in [1.807, 2.05) is 6.07 Å². The van der Waals surface area contributed by atoms with E-state index in [0.717, 1.165) is 12.0 Å². The van der Waals surface area contributed by atoms with Crippen LogP contribution in [0.25, 0.3) is 10.9 Å². The predicted octanol–water partition coefficient (Wildman–Crippen LogP) is 3.48. The van der Waals surface area contributed by atoms with Crippen LogP contribution in [0.2, 0.25) is 5.02 Å². The lowest BCUT2D eigenvalue weighted by molar-refractivity contribution is -0.119. The largest absolute Gasteiger partial charge is 0.446 e. The van der Waals surface area contributed by atoms with Gasteiger partial charge in [0.1, 0.15) is 24.6 Å². The van der Waals surface area contributed by atoms with Gasteiger partial charge in [0, 0.05) is 23.6 Å². The number of anilines is 3. The molecule has 33 heavy (non-hydrogen) atoms. The monoisotopic (exact) mass is 471 g/mol. The van der Waals surface area contributed by atoms with E-state index in [1.165, 1.54) is 29.4 Å². The number of amides is 2. The van der Waals surface area contributed by atoms with Crippen molar-refractivity contribution in [3.8, 4) is 0 Å². The van der Waals surface area contributed by atoms with E-state index < -0.39 is 23.9 Å². The first kappa shape index (κ1) is 21.4. The lowest BCUT2D eigenvalue weighted by Gasteiger charge is -2.25. The number of nitrogens with two attached hydrogens (primary N) is 1. The van der Waals surface area contributed by atoms with Gasteiger partial charge in [-0.3, -0.25) is 9.69 Å². The molecule has 2 fully saturated rings. The van der Waals surface area contributed by atoms with E-state index in [4.69, 9.17) is 26.8 Å². The molecule has 1 aromatic heterocycles. The van der Waals surface area contributed by atoms with Gasteiger partial charge in [-0.05, 0) is 42.3 Å². The van der Waals surface area contributed by atoms with Gasteiger partial charge in [0.2, 0.25) is 5.91 Å². The number of carbonyl (C=O) groups is 2. The minimum absolute atomic E-state index is 0.00797. The number of halogens is 2. The van der Waals surface area contributed by atoms with Crippen molar-refractivity contribution < 1.29 is 23.5 Å². The summed E-state index contributed by atoms with van der Waals surface area (Å²) in [7, 11) is 0. The van der Waals surface area contributed by atoms with Crippen LogP contribution in [0.4, 0.5) is 26.4 Å². The molecular formula is C22H19ClFN5O4. The number of ether oxygens (including phenoxy) is 2. The van der Waals surface area contributed by atoms with Gasteiger partial charge in [-0.1, -0.05) is 11.6 Å². The molecule has 3 N–H and O–H groups in total. The van der Waals surface area contributed by atoms with E-state index in [-0.39, 0.29) is 17.5 Å². The van der Waals surface area contributed by atoms with Crippen LogP contribution in [0.5, 0.6) is 0 Å². The van der Waals surface area contributed by atoms with Crippen LogP contribution in [0, 0.1) is 5.82 Å². The second kappa shape index (κ2) is 8.45. The molecule has 3 heterocycles. The van der Waals surface area contributed by atoms with Gasteiger partial charge in [0.25, 0.3) is 0 Å².